The van der Waals surface area contributed by atoms with Gasteiger partial charge in [0.25, 0.3) is 0 Å². The maximum atomic E-state index is 10.2. The van der Waals surface area contributed by atoms with Crippen molar-refractivity contribution in [3.05, 3.63) is 52.0 Å². The lowest BCUT2D eigenvalue weighted by Gasteiger charge is -2.43. The van der Waals surface area contributed by atoms with Crippen LogP contribution in [0.15, 0.2) is 34.9 Å². The second-order valence-electron chi connectivity index (χ2n) is 9.67. The number of nitrogens with zero attached hydrogens (tertiary/aromatic N) is 3. The number of nitriles is 1. The van der Waals surface area contributed by atoms with Gasteiger partial charge in [0, 0.05) is 12.2 Å². The van der Waals surface area contributed by atoms with Crippen LogP contribution in [0.25, 0.3) is 0 Å². The van der Waals surface area contributed by atoms with Crippen molar-refractivity contribution in [3.8, 4) is 6.07 Å². The molecule has 0 unspecified atom stereocenters. The third-order valence-corrected chi connectivity index (χ3v) is 8.20. The van der Waals surface area contributed by atoms with Gasteiger partial charge >= 0.3 is 0 Å². The van der Waals surface area contributed by atoms with E-state index in [0.717, 1.165) is 60.7 Å². The number of aromatic nitrogens is 2. The maximum Gasteiger partial charge on any atom is 0.142 e. The van der Waals surface area contributed by atoms with Crippen LogP contribution in [-0.4, -0.2) is 16.2 Å². The van der Waals surface area contributed by atoms with Crippen LogP contribution in [0.1, 0.15) is 68.4 Å². The third-order valence-electron chi connectivity index (χ3n) is 7.45. The van der Waals surface area contributed by atoms with E-state index in [1.165, 1.54) is 31.4 Å². The van der Waals surface area contributed by atoms with Crippen molar-refractivity contribution in [1.82, 2.24) is 9.55 Å². The summed E-state index contributed by atoms with van der Waals surface area (Å²) in [6.07, 6.45) is 8.50. The van der Waals surface area contributed by atoms with E-state index < -0.39 is 5.41 Å². The van der Waals surface area contributed by atoms with Crippen molar-refractivity contribution in [2.75, 3.05) is 6.61 Å². The van der Waals surface area contributed by atoms with Crippen molar-refractivity contribution < 1.29 is 4.74 Å². The summed E-state index contributed by atoms with van der Waals surface area (Å²) in [5.74, 6) is 2.56. The maximum absolute atomic E-state index is 10.2. The summed E-state index contributed by atoms with van der Waals surface area (Å²) in [5.41, 5.74) is 1.53. The highest BCUT2D eigenvalue weighted by atomic mass is 79.9. The van der Waals surface area contributed by atoms with E-state index in [0.29, 0.717) is 5.92 Å². The van der Waals surface area contributed by atoms with Gasteiger partial charge in [-0.05, 0) is 91.6 Å². The Bertz CT molecular complexity index is 945. The summed E-state index contributed by atoms with van der Waals surface area (Å²) in [7, 11) is 0. The van der Waals surface area contributed by atoms with Crippen molar-refractivity contribution >= 4 is 15.9 Å². The molecule has 5 heteroatoms. The first kappa shape index (κ1) is 20.3. The Morgan fingerprint density at radius 2 is 1.77 bits per heavy atom. The van der Waals surface area contributed by atoms with E-state index in [9.17, 15) is 5.26 Å². The minimum Gasteiger partial charge on any atom is -0.367 e. The highest BCUT2D eigenvalue weighted by Gasteiger charge is 2.49. The zero-order valence-corrected chi connectivity index (χ0v) is 19.3. The van der Waals surface area contributed by atoms with Crippen molar-refractivity contribution in [2.45, 2.75) is 75.9 Å². The Hall–Kier alpha value is -1.64. The van der Waals surface area contributed by atoms with E-state index >= 15 is 0 Å². The molecule has 30 heavy (non-hydrogen) atoms. The van der Waals surface area contributed by atoms with Crippen LogP contribution >= 0.6 is 15.9 Å². The lowest BCUT2D eigenvalue weighted by atomic mass is 9.65. The van der Waals surface area contributed by atoms with Crippen LogP contribution in [0.5, 0.6) is 0 Å². The number of imidazole rings is 1. The fraction of sp³-hybridized carbons (Fsp3) is 0.600. The summed E-state index contributed by atoms with van der Waals surface area (Å²) in [6, 6.07) is 13.0. The molecule has 1 aromatic carbocycles. The molecule has 1 aromatic heterocycles. The normalized spacial score (nSPS) is 29.0. The summed E-state index contributed by atoms with van der Waals surface area (Å²) in [5, 5.41) is 10.2. The Balaban J connectivity index is 1.48. The van der Waals surface area contributed by atoms with Gasteiger partial charge in [-0.25, -0.2) is 4.98 Å². The molecular formula is C25H30BrN3O. The quantitative estimate of drug-likeness (QED) is 0.499. The third kappa shape index (κ3) is 3.74. The second-order valence-corrected chi connectivity index (χ2v) is 10.4. The van der Waals surface area contributed by atoms with Gasteiger partial charge in [0.15, 0.2) is 0 Å². The molecule has 4 nitrogen and oxygen atoms in total. The molecule has 0 spiro atoms. The molecule has 1 heterocycles. The smallest absolute Gasteiger partial charge is 0.142 e. The van der Waals surface area contributed by atoms with Gasteiger partial charge in [0.1, 0.15) is 16.0 Å². The van der Waals surface area contributed by atoms with Gasteiger partial charge in [-0.2, -0.15) is 5.26 Å². The van der Waals surface area contributed by atoms with Crippen molar-refractivity contribution in [1.29, 1.82) is 5.26 Å². The standard InChI is InChI=1S/C25H30BrN3O/c1-18-22(26)28-23(29(18)15-19-7-8-19)25(30-16-20-9-10-20)13-11-24(17-27,12-14-25)21-5-3-2-4-6-21/h2-6,19-20H,7-16H2,1H3/t24-,25-. The van der Waals surface area contributed by atoms with Crippen molar-refractivity contribution in [2.24, 2.45) is 11.8 Å². The van der Waals surface area contributed by atoms with Gasteiger partial charge in [0.05, 0.1) is 18.1 Å². The van der Waals surface area contributed by atoms with Crippen LogP contribution in [0.3, 0.4) is 0 Å². The lowest BCUT2D eigenvalue weighted by Crippen LogP contribution is -2.43. The fourth-order valence-electron chi connectivity index (χ4n) is 4.93. The number of halogens is 1. The van der Waals surface area contributed by atoms with Gasteiger partial charge in [-0.3, -0.25) is 0 Å². The summed E-state index contributed by atoms with van der Waals surface area (Å²) < 4.78 is 10.1. The number of benzene rings is 1. The molecular weight excluding hydrogens is 438 g/mol. The first-order chi connectivity index (χ1) is 14.6. The van der Waals surface area contributed by atoms with E-state index in [1.54, 1.807) is 0 Å². The number of hydrogen-bond acceptors (Lipinski definition) is 3. The molecule has 2 aromatic rings. The molecule has 0 radical (unpaired) electrons. The second kappa shape index (κ2) is 7.80. The predicted molar refractivity (Wildman–Crippen MR) is 120 cm³/mol. The molecule has 0 bridgehead atoms. The van der Waals surface area contributed by atoms with Crippen LogP contribution in [0, 0.1) is 30.1 Å². The van der Waals surface area contributed by atoms with Gasteiger partial charge in [-0.15, -0.1) is 0 Å². The number of rotatable bonds is 7. The molecule has 3 saturated carbocycles. The summed E-state index contributed by atoms with van der Waals surface area (Å²) in [4.78, 5) is 5.00. The van der Waals surface area contributed by atoms with E-state index in [1.807, 2.05) is 18.2 Å². The topological polar surface area (TPSA) is 50.8 Å². The minimum atomic E-state index is -0.423. The molecule has 0 N–H and O–H groups in total. The number of hydrogen-bond donors (Lipinski definition) is 0. The molecule has 0 aliphatic heterocycles. The zero-order chi connectivity index (χ0) is 20.8. The van der Waals surface area contributed by atoms with Gasteiger partial charge in [-0.1, -0.05) is 30.3 Å². The Labute approximate surface area is 187 Å². The average molecular weight is 468 g/mol. The highest BCUT2D eigenvalue weighted by Crippen LogP contribution is 2.50. The van der Waals surface area contributed by atoms with Gasteiger partial charge < -0.3 is 9.30 Å². The zero-order valence-electron chi connectivity index (χ0n) is 17.7. The summed E-state index contributed by atoms with van der Waals surface area (Å²) >= 11 is 3.69. The van der Waals surface area contributed by atoms with Crippen LogP contribution in [-0.2, 0) is 22.3 Å². The predicted octanol–water partition coefficient (Wildman–Crippen LogP) is 6.02. The Kier molecular flexibility index (Phi) is 5.27. The minimum absolute atomic E-state index is 0.386. The average Bonchev–Trinajstić information content (AvgIpc) is 3.70. The molecule has 158 valence electrons. The van der Waals surface area contributed by atoms with Crippen molar-refractivity contribution in [3.63, 3.8) is 0 Å². The van der Waals surface area contributed by atoms with Gasteiger partial charge in [0.2, 0.25) is 0 Å². The van der Waals surface area contributed by atoms with Crippen LogP contribution < -0.4 is 0 Å². The Morgan fingerprint density at radius 3 is 2.37 bits per heavy atom. The molecule has 5 rings (SSSR count). The molecule has 0 amide bonds. The van der Waals surface area contributed by atoms with Crippen LogP contribution in [0.2, 0.25) is 0 Å². The lowest BCUT2D eigenvalue weighted by molar-refractivity contribution is -0.0960. The number of ether oxygens (including phenoxy) is 1. The molecule has 0 saturated heterocycles. The SMILES string of the molecule is Cc1c(Br)nc([C@]2(OCC3CC3)CC[C@](C#N)(c3ccccc3)CC2)n1CC1CC1. The first-order valence-corrected chi connectivity index (χ1v) is 12.2. The van der Waals surface area contributed by atoms with E-state index in [4.69, 9.17) is 9.72 Å². The molecule has 3 aliphatic carbocycles. The van der Waals surface area contributed by atoms with E-state index in [-0.39, 0.29) is 5.60 Å². The monoisotopic (exact) mass is 467 g/mol. The Morgan fingerprint density at radius 1 is 1.10 bits per heavy atom. The fourth-order valence-corrected chi connectivity index (χ4v) is 5.31. The first-order valence-electron chi connectivity index (χ1n) is 11.4. The summed E-state index contributed by atoms with van der Waals surface area (Å²) in [6.45, 7) is 4.01. The highest BCUT2D eigenvalue weighted by molar-refractivity contribution is 9.10. The molecule has 0 atom stereocenters. The molecule has 3 aliphatic rings. The largest absolute Gasteiger partial charge is 0.367 e. The van der Waals surface area contributed by atoms with Crippen LogP contribution in [0.4, 0.5) is 0 Å². The van der Waals surface area contributed by atoms with E-state index in [2.05, 4.69) is 45.6 Å². The molecule has 3 fully saturated rings.